The average molecular weight is 458 g/mol. The van der Waals surface area contributed by atoms with Gasteiger partial charge in [0.15, 0.2) is 17.1 Å². The number of imidazole rings is 1. The van der Waals surface area contributed by atoms with Crippen molar-refractivity contribution in [3.05, 3.63) is 36.0 Å². The van der Waals surface area contributed by atoms with Gasteiger partial charge in [-0.2, -0.15) is 13.2 Å². The standard InChI is InChI=1S/C19H15F5N4O4/c1-17(2,30)8-14(29)27-16-25-10-4-6-13(18(20,21)22)26-15(10)28(16)9-3-5-11-12(7-9)32-19(23,24)31-11/h3-7,30H,8H2,1-2H3,(H,25,27,29). The van der Waals surface area contributed by atoms with E-state index in [9.17, 15) is 31.9 Å². The van der Waals surface area contributed by atoms with Gasteiger partial charge in [0.2, 0.25) is 11.9 Å². The number of carbonyl (C=O) groups excluding carboxylic acids is 1. The fraction of sp³-hybridized carbons (Fsp3) is 0.316. The first-order chi connectivity index (χ1) is 14.7. The number of rotatable bonds is 4. The summed E-state index contributed by atoms with van der Waals surface area (Å²) in [5, 5.41) is 12.3. The van der Waals surface area contributed by atoms with Crippen LogP contribution in [0.25, 0.3) is 16.9 Å². The number of hydrogen-bond donors (Lipinski definition) is 2. The molecular weight excluding hydrogens is 443 g/mol. The molecule has 0 radical (unpaired) electrons. The lowest BCUT2D eigenvalue weighted by Crippen LogP contribution is -2.28. The number of aromatic nitrogens is 3. The molecule has 0 saturated carbocycles. The normalized spacial score (nSPS) is 15.2. The molecule has 4 rings (SSSR count). The number of aliphatic hydroxyl groups is 1. The molecule has 13 heteroatoms. The highest BCUT2D eigenvalue weighted by atomic mass is 19.4. The molecule has 8 nitrogen and oxygen atoms in total. The van der Waals surface area contributed by atoms with Crippen LogP contribution in [0.4, 0.5) is 27.9 Å². The summed E-state index contributed by atoms with van der Waals surface area (Å²) < 4.78 is 76.1. The van der Waals surface area contributed by atoms with Crippen LogP contribution < -0.4 is 14.8 Å². The van der Waals surface area contributed by atoms with Crippen LogP contribution in [-0.4, -0.2) is 37.4 Å². The van der Waals surface area contributed by atoms with Crippen LogP contribution in [0.1, 0.15) is 26.0 Å². The lowest BCUT2D eigenvalue weighted by atomic mass is 10.1. The van der Waals surface area contributed by atoms with Gasteiger partial charge in [0.25, 0.3) is 0 Å². The third-order valence-electron chi connectivity index (χ3n) is 4.28. The Morgan fingerprint density at radius 1 is 1.12 bits per heavy atom. The number of benzene rings is 1. The van der Waals surface area contributed by atoms with Gasteiger partial charge in [-0.05, 0) is 38.1 Å². The summed E-state index contributed by atoms with van der Waals surface area (Å²) in [6.07, 6.45) is -9.00. The quantitative estimate of drug-likeness (QED) is 0.577. The molecule has 3 aromatic rings. The molecule has 0 saturated heterocycles. The molecule has 1 aliphatic heterocycles. The van der Waals surface area contributed by atoms with Crippen LogP contribution in [0.15, 0.2) is 30.3 Å². The molecule has 0 spiro atoms. The molecule has 1 aromatic carbocycles. The van der Waals surface area contributed by atoms with Gasteiger partial charge in [-0.1, -0.05) is 0 Å². The maximum atomic E-state index is 13.4. The van der Waals surface area contributed by atoms with Crippen LogP contribution in [-0.2, 0) is 11.0 Å². The van der Waals surface area contributed by atoms with Gasteiger partial charge < -0.3 is 14.6 Å². The predicted octanol–water partition coefficient (Wildman–Crippen LogP) is 3.86. The molecule has 2 aromatic heterocycles. The summed E-state index contributed by atoms with van der Waals surface area (Å²) in [5.41, 5.74) is -2.85. The van der Waals surface area contributed by atoms with Gasteiger partial charge in [0.1, 0.15) is 11.2 Å². The molecule has 170 valence electrons. The van der Waals surface area contributed by atoms with Crippen LogP contribution in [0.3, 0.4) is 0 Å². The van der Waals surface area contributed by atoms with E-state index in [4.69, 9.17) is 0 Å². The first-order valence-electron chi connectivity index (χ1n) is 9.11. The molecule has 1 amide bonds. The highest BCUT2D eigenvalue weighted by molar-refractivity contribution is 5.92. The molecule has 0 unspecified atom stereocenters. The van der Waals surface area contributed by atoms with Gasteiger partial charge in [-0.15, -0.1) is 8.78 Å². The Bertz CT molecular complexity index is 1220. The Morgan fingerprint density at radius 3 is 2.47 bits per heavy atom. The summed E-state index contributed by atoms with van der Waals surface area (Å²) in [5.74, 6) is -1.56. The predicted molar refractivity (Wildman–Crippen MR) is 99.6 cm³/mol. The van der Waals surface area contributed by atoms with Crippen molar-refractivity contribution in [2.75, 3.05) is 5.32 Å². The maximum absolute atomic E-state index is 13.4. The Labute approximate surface area is 176 Å². The largest absolute Gasteiger partial charge is 0.586 e. The molecule has 32 heavy (non-hydrogen) atoms. The van der Waals surface area contributed by atoms with Gasteiger partial charge in [0, 0.05) is 6.07 Å². The van der Waals surface area contributed by atoms with E-state index >= 15 is 0 Å². The van der Waals surface area contributed by atoms with Crippen molar-refractivity contribution >= 4 is 23.0 Å². The van der Waals surface area contributed by atoms with E-state index in [1.165, 1.54) is 19.9 Å². The van der Waals surface area contributed by atoms with Crippen molar-refractivity contribution in [1.29, 1.82) is 0 Å². The fourth-order valence-electron chi connectivity index (χ4n) is 3.08. The summed E-state index contributed by atoms with van der Waals surface area (Å²) in [7, 11) is 0. The number of alkyl halides is 5. The van der Waals surface area contributed by atoms with E-state index in [1.807, 2.05) is 0 Å². The topological polar surface area (TPSA) is 98.5 Å². The second kappa shape index (κ2) is 7.02. The monoisotopic (exact) mass is 458 g/mol. The van der Waals surface area contributed by atoms with Gasteiger partial charge in [-0.25, -0.2) is 9.97 Å². The highest BCUT2D eigenvalue weighted by Gasteiger charge is 2.43. The lowest BCUT2D eigenvalue weighted by molar-refractivity contribution is -0.286. The maximum Gasteiger partial charge on any atom is 0.586 e. The van der Waals surface area contributed by atoms with Crippen LogP contribution in [0, 0.1) is 0 Å². The van der Waals surface area contributed by atoms with E-state index in [-0.39, 0.29) is 40.7 Å². The molecule has 0 aliphatic carbocycles. The second-order valence-electron chi connectivity index (χ2n) is 7.64. The van der Waals surface area contributed by atoms with Crippen LogP contribution in [0.5, 0.6) is 11.5 Å². The molecule has 3 heterocycles. The average Bonchev–Trinajstić information content (AvgIpc) is 3.12. The van der Waals surface area contributed by atoms with E-state index in [1.54, 1.807) is 0 Å². The lowest BCUT2D eigenvalue weighted by Gasteiger charge is -2.16. The minimum atomic E-state index is -4.76. The van der Waals surface area contributed by atoms with Gasteiger partial charge in [-0.3, -0.25) is 14.7 Å². The fourth-order valence-corrected chi connectivity index (χ4v) is 3.08. The Kier molecular flexibility index (Phi) is 4.77. The first kappa shape index (κ1) is 21.7. The smallest absolute Gasteiger partial charge is 0.395 e. The summed E-state index contributed by atoms with van der Waals surface area (Å²) in [6, 6.07) is 5.27. The van der Waals surface area contributed by atoms with Crippen molar-refractivity contribution in [1.82, 2.24) is 14.5 Å². The van der Waals surface area contributed by atoms with Crippen molar-refractivity contribution in [3.8, 4) is 17.2 Å². The molecule has 1 aliphatic rings. The van der Waals surface area contributed by atoms with Gasteiger partial charge in [0.05, 0.1) is 17.7 Å². The summed E-state index contributed by atoms with van der Waals surface area (Å²) >= 11 is 0. The Morgan fingerprint density at radius 2 is 1.81 bits per heavy atom. The third-order valence-corrected chi connectivity index (χ3v) is 4.28. The van der Waals surface area contributed by atoms with Crippen molar-refractivity contribution < 1.29 is 41.3 Å². The molecule has 2 N–H and O–H groups in total. The van der Waals surface area contributed by atoms with E-state index in [0.29, 0.717) is 0 Å². The van der Waals surface area contributed by atoms with Crippen molar-refractivity contribution in [2.24, 2.45) is 0 Å². The number of nitrogens with zero attached hydrogens (tertiary/aromatic N) is 3. The van der Waals surface area contributed by atoms with E-state index < -0.39 is 29.7 Å². The molecule has 0 bridgehead atoms. The number of nitrogens with one attached hydrogen (secondary N) is 1. The summed E-state index contributed by atoms with van der Waals surface area (Å²) in [6.45, 7) is 2.79. The van der Waals surface area contributed by atoms with Crippen molar-refractivity contribution in [2.45, 2.75) is 38.3 Å². The van der Waals surface area contributed by atoms with Crippen LogP contribution >= 0.6 is 0 Å². The van der Waals surface area contributed by atoms with E-state index in [2.05, 4.69) is 24.8 Å². The Balaban J connectivity index is 1.85. The van der Waals surface area contributed by atoms with Gasteiger partial charge >= 0.3 is 12.5 Å². The SMILES string of the molecule is CC(C)(O)CC(=O)Nc1nc2ccc(C(F)(F)F)nc2n1-c1ccc2c(c1)OC(F)(F)O2. The number of fused-ring (bicyclic) bond motifs is 2. The molecular formula is C19H15F5N4O4. The second-order valence-corrected chi connectivity index (χ2v) is 7.64. The summed E-state index contributed by atoms with van der Waals surface area (Å²) in [4.78, 5) is 20.0. The minimum absolute atomic E-state index is 0.000412. The zero-order valence-corrected chi connectivity index (χ0v) is 16.5. The Hall–Kier alpha value is -3.48. The zero-order valence-electron chi connectivity index (χ0n) is 16.5. The number of pyridine rings is 1. The third kappa shape index (κ3) is 4.28. The minimum Gasteiger partial charge on any atom is -0.395 e. The number of halogens is 5. The number of ether oxygens (including phenoxy) is 2. The number of hydrogen-bond acceptors (Lipinski definition) is 6. The van der Waals surface area contributed by atoms with Crippen LogP contribution in [0.2, 0.25) is 0 Å². The molecule has 0 fully saturated rings. The number of amides is 1. The first-order valence-corrected chi connectivity index (χ1v) is 9.11. The van der Waals surface area contributed by atoms with E-state index in [0.717, 1.165) is 28.8 Å². The zero-order chi connectivity index (χ0) is 23.5. The van der Waals surface area contributed by atoms with Crippen molar-refractivity contribution in [3.63, 3.8) is 0 Å². The number of anilines is 1. The molecule has 0 atom stereocenters. The number of carbonyl (C=O) groups is 1. The highest BCUT2D eigenvalue weighted by Crippen LogP contribution is 2.42.